The van der Waals surface area contributed by atoms with Gasteiger partial charge in [-0.05, 0) is 65.7 Å². The fourth-order valence-electron chi connectivity index (χ4n) is 3.69. The van der Waals surface area contributed by atoms with E-state index in [0.29, 0.717) is 15.7 Å². The molecular formula is C25H18BrN3O3S. The molecule has 4 aromatic rings. The summed E-state index contributed by atoms with van der Waals surface area (Å²) >= 11 is 3.30. The van der Waals surface area contributed by atoms with Gasteiger partial charge in [-0.25, -0.2) is 8.42 Å². The number of amides is 1. The van der Waals surface area contributed by atoms with Crippen LogP contribution < -0.4 is 10.0 Å². The molecule has 1 aliphatic rings. The maximum Gasteiger partial charge on any atom is 0.261 e. The topological polar surface area (TPSA) is 91.1 Å². The normalized spacial score (nSPS) is 14.2. The van der Waals surface area contributed by atoms with E-state index in [2.05, 4.69) is 31.0 Å². The number of hydrogen-bond acceptors (Lipinski definition) is 3. The molecule has 0 radical (unpaired) electrons. The van der Waals surface area contributed by atoms with Gasteiger partial charge in [0.1, 0.15) is 0 Å². The van der Waals surface area contributed by atoms with Gasteiger partial charge in [-0.15, -0.1) is 0 Å². The Morgan fingerprint density at radius 2 is 1.67 bits per heavy atom. The van der Waals surface area contributed by atoms with Gasteiger partial charge in [-0.1, -0.05) is 46.3 Å². The van der Waals surface area contributed by atoms with Gasteiger partial charge in [0.15, 0.2) is 0 Å². The van der Waals surface area contributed by atoms with E-state index in [9.17, 15) is 13.2 Å². The minimum Gasteiger partial charge on any atom is -0.362 e. The summed E-state index contributed by atoms with van der Waals surface area (Å²) in [5.41, 5.74) is 5.33. The maximum atomic E-state index is 12.6. The van der Waals surface area contributed by atoms with Gasteiger partial charge in [0.2, 0.25) is 0 Å². The SMILES string of the molecule is O=C1Nc2cc(-c3ccc(NS(=O)(=O)c4cccc(Br)c4)cc3)ccc2/C1=C/c1ccc[nH]1. The third-order valence-corrected chi connectivity index (χ3v) is 7.17. The van der Waals surface area contributed by atoms with Crippen molar-refractivity contribution in [2.45, 2.75) is 4.90 Å². The maximum absolute atomic E-state index is 12.6. The number of nitrogens with one attached hydrogen (secondary N) is 3. The van der Waals surface area contributed by atoms with E-state index >= 15 is 0 Å². The molecule has 0 aliphatic carbocycles. The second kappa shape index (κ2) is 8.38. The van der Waals surface area contributed by atoms with Crippen molar-refractivity contribution in [3.8, 4) is 11.1 Å². The number of anilines is 2. The molecule has 6 nitrogen and oxygen atoms in total. The van der Waals surface area contributed by atoms with Crippen molar-refractivity contribution in [2.24, 2.45) is 0 Å². The summed E-state index contributed by atoms with van der Waals surface area (Å²) in [4.78, 5) is 15.7. The van der Waals surface area contributed by atoms with Crippen LogP contribution in [0.2, 0.25) is 0 Å². The number of aromatic amines is 1. The third-order valence-electron chi connectivity index (χ3n) is 5.30. The summed E-state index contributed by atoms with van der Waals surface area (Å²) in [5, 5.41) is 2.92. The molecule has 1 aromatic heterocycles. The van der Waals surface area contributed by atoms with Gasteiger partial charge < -0.3 is 10.3 Å². The Morgan fingerprint density at radius 3 is 2.39 bits per heavy atom. The molecule has 0 saturated heterocycles. The van der Waals surface area contributed by atoms with E-state index in [1.54, 1.807) is 36.4 Å². The van der Waals surface area contributed by atoms with Gasteiger partial charge in [0.25, 0.3) is 15.9 Å². The molecule has 3 aromatic carbocycles. The van der Waals surface area contributed by atoms with Gasteiger partial charge in [0, 0.05) is 33.3 Å². The van der Waals surface area contributed by atoms with Crippen LogP contribution in [0.1, 0.15) is 11.3 Å². The van der Waals surface area contributed by atoms with Crippen LogP contribution in [0.5, 0.6) is 0 Å². The van der Waals surface area contributed by atoms with Crippen LogP contribution in [0.15, 0.2) is 94.4 Å². The zero-order valence-corrected chi connectivity index (χ0v) is 19.6. The average Bonchev–Trinajstić information content (AvgIpc) is 3.42. The molecule has 8 heteroatoms. The standard InChI is InChI=1S/C25H18BrN3O3S/c26-18-3-1-5-21(14-18)33(31,32)29-19-9-6-16(7-10-19)17-8-11-22-23(15-20-4-2-12-27-20)25(30)28-24(22)13-17/h1-15,27,29H,(H,28,30)/b23-15-. The quantitative estimate of drug-likeness (QED) is 0.293. The second-order valence-corrected chi connectivity index (χ2v) is 10.1. The Kier molecular flexibility index (Phi) is 5.39. The number of benzene rings is 3. The Labute approximate surface area is 199 Å². The third kappa shape index (κ3) is 4.35. The number of H-pyrrole nitrogens is 1. The molecule has 33 heavy (non-hydrogen) atoms. The first-order chi connectivity index (χ1) is 15.9. The second-order valence-electron chi connectivity index (χ2n) is 7.54. The summed E-state index contributed by atoms with van der Waals surface area (Å²) in [6.07, 6.45) is 3.64. The van der Waals surface area contributed by atoms with Crippen molar-refractivity contribution in [1.29, 1.82) is 0 Å². The molecule has 164 valence electrons. The zero-order valence-electron chi connectivity index (χ0n) is 17.2. The highest BCUT2D eigenvalue weighted by molar-refractivity contribution is 9.10. The van der Waals surface area contributed by atoms with E-state index in [4.69, 9.17) is 0 Å². The van der Waals surface area contributed by atoms with Crippen molar-refractivity contribution in [3.05, 3.63) is 101 Å². The summed E-state index contributed by atoms with van der Waals surface area (Å²) in [6, 6.07) is 23.2. The molecule has 0 spiro atoms. The number of rotatable bonds is 5. The molecule has 0 bridgehead atoms. The lowest BCUT2D eigenvalue weighted by atomic mass is 10.00. The molecule has 0 saturated carbocycles. The molecule has 0 unspecified atom stereocenters. The van der Waals surface area contributed by atoms with Crippen molar-refractivity contribution in [1.82, 2.24) is 4.98 Å². The van der Waals surface area contributed by atoms with Crippen molar-refractivity contribution in [3.63, 3.8) is 0 Å². The Bertz CT molecular complexity index is 1490. The van der Waals surface area contributed by atoms with E-state index in [-0.39, 0.29) is 10.8 Å². The molecule has 0 fully saturated rings. The lowest BCUT2D eigenvalue weighted by molar-refractivity contribution is -0.110. The molecule has 5 rings (SSSR count). The molecule has 1 amide bonds. The first-order valence-corrected chi connectivity index (χ1v) is 12.4. The summed E-state index contributed by atoms with van der Waals surface area (Å²) in [5.74, 6) is -0.144. The zero-order chi connectivity index (χ0) is 23.0. The number of carbonyl (C=O) groups is 1. The molecule has 3 N–H and O–H groups in total. The van der Waals surface area contributed by atoms with Crippen LogP contribution in [0.3, 0.4) is 0 Å². The number of sulfonamides is 1. The fraction of sp³-hybridized carbons (Fsp3) is 0. The predicted octanol–water partition coefficient (Wildman–Crippen LogP) is 5.74. The van der Waals surface area contributed by atoms with Crippen molar-refractivity contribution >= 4 is 54.9 Å². The number of halogens is 1. The van der Waals surface area contributed by atoms with Crippen molar-refractivity contribution in [2.75, 3.05) is 10.0 Å². The Hall–Kier alpha value is -3.62. The summed E-state index contributed by atoms with van der Waals surface area (Å²) < 4.78 is 28.6. The van der Waals surface area contributed by atoms with Crippen LogP contribution >= 0.6 is 15.9 Å². The Balaban J connectivity index is 1.38. The Morgan fingerprint density at radius 1 is 0.879 bits per heavy atom. The summed E-state index contributed by atoms with van der Waals surface area (Å²) in [6.45, 7) is 0. The van der Waals surface area contributed by atoms with Gasteiger partial charge in [-0.2, -0.15) is 0 Å². The number of aromatic nitrogens is 1. The van der Waals surface area contributed by atoms with Crippen LogP contribution in [-0.4, -0.2) is 19.3 Å². The summed E-state index contributed by atoms with van der Waals surface area (Å²) in [7, 11) is -3.69. The van der Waals surface area contributed by atoms with Crippen molar-refractivity contribution < 1.29 is 13.2 Å². The smallest absolute Gasteiger partial charge is 0.261 e. The lowest BCUT2D eigenvalue weighted by Crippen LogP contribution is -2.12. The fourth-order valence-corrected chi connectivity index (χ4v) is 5.34. The molecule has 2 heterocycles. The van der Waals surface area contributed by atoms with Gasteiger partial charge >= 0.3 is 0 Å². The highest BCUT2D eigenvalue weighted by atomic mass is 79.9. The molecular weight excluding hydrogens is 502 g/mol. The minimum absolute atomic E-state index is 0.144. The first kappa shape index (κ1) is 21.2. The van der Waals surface area contributed by atoms with Crippen LogP contribution in [-0.2, 0) is 14.8 Å². The van der Waals surface area contributed by atoms with Gasteiger partial charge in [0.05, 0.1) is 10.5 Å². The number of carbonyl (C=O) groups excluding carboxylic acids is 1. The highest BCUT2D eigenvalue weighted by Gasteiger charge is 2.24. The lowest BCUT2D eigenvalue weighted by Gasteiger charge is -2.10. The first-order valence-electron chi connectivity index (χ1n) is 10.1. The number of fused-ring (bicyclic) bond motifs is 1. The monoisotopic (exact) mass is 519 g/mol. The van der Waals surface area contributed by atoms with E-state index in [1.807, 2.05) is 54.7 Å². The molecule has 0 atom stereocenters. The van der Waals surface area contributed by atoms with Crippen LogP contribution in [0.25, 0.3) is 22.8 Å². The minimum atomic E-state index is -3.69. The van der Waals surface area contributed by atoms with E-state index in [0.717, 1.165) is 28.1 Å². The number of hydrogen-bond donors (Lipinski definition) is 3. The predicted molar refractivity (Wildman–Crippen MR) is 134 cm³/mol. The average molecular weight is 520 g/mol. The van der Waals surface area contributed by atoms with Crippen LogP contribution in [0.4, 0.5) is 11.4 Å². The van der Waals surface area contributed by atoms with Gasteiger partial charge in [-0.3, -0.25) is 9.52 Å². The molecule has 1 aliphatic heterocycles. The largest absolute Gasteiger partial charge is 0.362 e. The van der Waals surface area contributed by atoms with Crippen LogP contribution in [0, 0.1) is 0 Å². The van der Waals surface area contributed by atoms with E-state index < -0.39 is 10.0 Å². The van der Waals surface area contributed by atoms with E-state index in [1.165, 1.54) is 0 Å². The highest BCUT2D eigenvalue weighted by Crippen LogP contribution is 2.36.